The van der Waals surface area contributed by atoms with E-state index in [1.165, 1.54) is 15.6 Å². The molecule has 1 unspecified atom stereocenters. The average Bonchev–Trinajstić information content (AvgIpc) is 3.45. The van der Waals surface area contributed by atoms with Gasteiger partial charge in [-0.1, -0.05) is 35.0 Å². The molecular formula is C24H25N3O5S2. The molecule has 0 saturated carbocycles. The first-order chi connectivity index (χ1) is 16.3. The third-order valence-electron chi connectivity index (χ3n) is 5.76. The lowest BCUT2D eigenvalue weighted by atomic mass is 10.2. The second-order valence-electron chi connectivity index (χ2n) is 7.86. The number of sulfonamides is 1. The summed E-state index contributed by atoms with van der Waals surface area (Å²) in [4.78, 5) is 18.2. The van der Waals surface area contributed by atoms with Crippen molar-refractivity contribution in [2.75, 3.05) is 20.8 Å². The zero-order valence-corrected chi connectivity index (χ0v) is 20.8. The summed E-state index contributed by atoms with van der Waals surface area (Å²) < 4.78 is 41.2. The maximum Gasteiger partial charge on any atom is 0.266 e. The fraction of sp³-hybridized carbons (Fsp3) is 0.333. The van der Waals surface area contributed by atoms with Crippen molar-refractivity contribution in [1.82, 2.24) is 8.87 Å². The lowest BCUT2D eigenvalue weighted by Crippen LogP contribution is -2.40. The Labute approximate surface area is 202 Å². The maximum atomic E-state index is 13.3. The van der Waals surface area contributed by atoms with Crippen molar-refractivity contribution in [3.63, 3.8) is 0 Å². The van der Waals surface area contributed by atoms with Crippen molar-refractivity contribution >= 4 is 37.5 Å². The second-order valence-corrected chi connectivity index (χ2v) is 10.7. The molecule has 1 aliphatic rings. The van der Waals surface area contributed by atoms with Gasteiger partial charge in [-0.15, -0.1) is 6.42 Å². The molecule has 1 saturated heterocycles. The minimum atomic E-state index is -3.83. The fourth-order valence-electron chi connectivity index (χ4n) is 4.07. The number of fused-ring (bicyclic) bond motifs is 1. The number of aromatic nitrogens is 1. The molecular weight excluding hydrogens is 474 g/mol. The molecule has 1 fully saturated rings. The normalized spacial score (nSPS) is 17.1. The van der Waals surface area contributed by atoms with E-state index in [4.69, 9.17) is 15.9 Å². The van der Waals surface area contributed by atoms with E-state index < -0.39 is 22.0 Å². The summed E-state index contributed by atoms with van der Waals surface area (Å²) in [5, 5.41) is 0. The van der Waals surface area contributed by atoms with E-state index in [0.717, 1.165) is 10.3 Å². The van der Waals surface area contributed by atoms with E-state index in [2.05, 4.69) is 10.9 Å². The van der Waals surface area contributed by atoms with Gasteiger partial charge < -0.3 is 14.0 Å². The summed E-state index contributed by atoms with van der Waals surface area (Å²) in [5.41, 5.74) is 1.63. The van der Waals surface area contributed by atoms with E-state index in [9.17, 15) is 13.2 Å². The van der Waals surface area contributed by atoms with Crippen LogP contribution in [0.4, 0.5) is 0 Å². The number of rotatable bonds is 6. The van der Waals surface area contributed by atoms with Gasteiger partial charge in [0.05, 0.1) is 25.7 Å². The third-order valence-corrected chi connectivity index (χ3v) is 8.78. The van der Waals surface area contributed by atoms with Gasteiger partial charge in [0.2, 0.25) is 10.0 Å². The van der Waals surface area contributed by atoms with Crippen LogP contribution in [0, 0.1) is 19.3 Å². The molecule has 0 radical (unpaired) electrons. The molecule has 178 valence electrons. The van der Waals surface area contributed by atoms with Gasteiger partial charge in [0.1, 0.15) is 27.8 Å². The quantitative estimate of drug-likeness (QED) is 0.487. The fourth-order valence-corrected chi connectivity index (χ4v) is 6.86. The maximum absolute atomic E-state index is 13.3. The Morgan fingerprint density at radius 3 is 2.50 bits per heavy atom. The van der Waals surface area contributed by atoms with E-state index in [-0.39, 0.29) is 18.0 Å². The molecule has 8 nitrogen and oxygen atoms in total. The van der Waals surface area contributed by atoms with Crippen LogP contribution in [0.1, 0.15) is 18.4 Å². The van der Waals surface area contributed by atoms with Crippen molar-refractivity contribution in [1.29, 1.82) is 0 Å². The lowest BCUT2D eigenvalue weighted by molar-refractivity contribution is -0.121. The summed E-state index contributed by atoms with van der Waals surface area (Å²) in [6.45, 7) is 2.31. The van der Waals surface area contributed by atoms with Crippen LogP contribution in [-0.4, -0.2) is 50.0 Å². The van der Waals surface area contributed by atoms with Gasteiger partial charge in [-0.05, 0) is 44.0 Å². The van der Waals surface area contributed by atoms with Crippen molar-refractivity contribution < 1.29 is 22.7 Å². The Morgan fingerprint density at radius 2 is 1.85 bits per heavy atom. The van der Waals surface area contributed by atoms with Crippen molar-refractivity contribution in [3.8, 4) is 23.8 Å². The zero-order chi connectivity index (χ0) is 24.5. The first-order valence-electron chi connectivity index (χ1n) is 10.7. The summed E-state index contributed by atoms with van der Waals surface area (Å²) in [6, 6.07) is 9.27. The number of terminal acetylenes is 1. The van der Waals surface area contributed by atoms with Gasteiger partial charge in [0, 0.05) is 6.54 Å². The second kappa shape index (κ2) is 9.62. The number of aryl methyl sites for hydroxylation is 1. The molecule has 0 N–H and O–H groups in total. The highest BCUT2D eigenvalue weighted by Gasteiger charge is 2.39. The minimum Gasteiger partial charge on any atom is -0.495 e. The number of nitrogens with zero attached hydrogens (tertiary/aromatic N) is 3. The first-order valence-corrected chi connectivity index (χ1v) is 12.9. The van der Waals surface area contributed by atoms with Crippen LogP contribution >= 0.6 is 11.3 Å². The van der Waals surface area contributed by atoms with Gasteiger partial charge in [-0.3, -0.25) is 4.79 Å². The molecule has 1 aliphatic heterocycles. The molecule has 2 heterocycles. The first kappa shape index (κ1) is 24.0. The van der Waals surface area contributed by atoms with Crippen LogP contribution in [0.15, 0.2) is 46.3 Å². The van der Waals surface area contributed by atoms with Gasteiger partial charge >= 0.3 is 0 Å². The molecule has 0 bridgehead atoms. The molecule has 0 aliphatic carbocycles. The Balaban J connectivity index is 1.79. The van der Waals surface area contributed by atoms with Crippen molar-refractivity contribution in [2.45, 2.75) is 37.2 Å². The van der Waals surface area contributed by atoms with Crippen LogP contribution in [-0.2, 0) is 21.4 Å². The van der Waals surface area contributed by atoms with Crippen LogP contribution < -0.4 is 14.3 Å². The molecule has 2 aromatic carbocycles. The monoisotopic (exact) mass is 499 g/mol. The number of amides is 1. The predicted molar refractivity (Wildman–Crippen MR) is 130 cm³/mol. The van der Waals surface area contributed by atoms with Gasteiger partial charge in [0.15, 0.2) is 4.80 Å². The Kier molecular flexibility index (Phi) is 6.79. The van der Waals surface area contributed by atoms with Crippen LogP contribution in [0.5, 0.6) is 11.5 Å². The number of benzene rings is 2. The summed E-state index contributed by atoms with van der Waals surface area (Å²) in [5.74, 6) is 3.24. The topological polar surface area (TPSA) is 90.2 Å². The highest BCUT2D eigenvalue weighted by atomic mass is 32.2. The molecule has 1 atom stereocenters. The molecule has 34 heavy (non-hydrogen) atoms. The number of ether oxygens (including phenoxy) is 2. The number of thiazole rings is 1. The van der Waals surface area contributed by atoms with Crippen LogP contribution in [0.2, 0.25) is 0 Å². The molecule has 0 spiro atoms. The lowest BCUT2D eigenvalue weighted by Gasteiger charge is -2.21. The zero-order valence-electron chi connectivity index (χ0n) is 19.1. The van der Waals surface area contributed by atoms with E-state index in [1.54, 1.807) is 55.2 Å². The SMILES string of the molecule is C#CCn1c(=NC(=O)C2CCCN2S(=O)(=O)c2ccc(C)cc2)sc2c(OC)ccc(OC)c21. The Bertz CT molecular complexity index is 1450. The number of methoxy groups -OCH3 is 2. The number of carbonyl (C=O) groups excluding carboxylic acids is 1. The smallest absolute Gasteiger partial charge is 0.266 e. The van der Waals surface area contributed by atoms with Gasteiger partial charge in [0.25, 0.3) is 5.91 Å². The number of carbonyl (C=O) groups is 1. The predicted octanol–water partition coefficient (Wildman–Crippen LogP) is 2.94. The van der Waals surface area contributed by atoms with Gasteiger partial charge in [-0.2, -0.15) is 9.30 Å². The van der Waals surface area contributed by atoms with Crippen LogP contribution in [0.3, 0.4) is 0 Å². The standard InChI is InChI=1S/C24H25N3O5S2/c1-5-14-26-21-19(31-3)12-13-20(32-4)22(21)33-24(26)25-23(28)18-7-6-15-27(18)34(29,30)17-10-8-16(2)9-11-17/h1,8-13,18H,6-7,14-15H2,2-4H3. The number of hydrogen-bond donors (Lipinski definition) is 0. The Hall–Kier alpha value is -3.13. The third kappa shape index (κ3) is 4.22. The van der Waals surface area contributed by atoms with Crippen LogP contribution in [0.25, 0.3) is 10.2 Å². The highest BCUT2D eigenvalue weighted by Crippen LogP contribution is 2.35. The summed E-state index contributed by atoms with van der Waals surface area (Å²) in [7, 11) is -0.726. The molecule has 1 aromatic heterocycles. The largest absolute Gasteiger partial charge is 0.495 e. The summed E-state index contributed by atoms with van der Waals surface area (Å²) in [6.07, 6.45) is 6.58. The minimum absolute atomic E-state index is 0.158. The average molecular weight is 500 g/mol. The molecule has 1 amide bonds. The van der Waals surface area contributed by atoms with E-state index in [0.29, 0.717) is 34.7 Å². The highest BCUT2D eigenvalue weighted by molar-refractivity contribution is 7.89. The molecule has 10 heteroatoms. The van der Waals surface area contributed by atoms with Crippen molar-refractivity contribution in [3.05, 3.63) is 46.8 Å². The summed E-state index contributed by atoms with van der Waals surface area (Å²) >= 11 is 1.25. The van der Waals surface area contributed by atoms with E-state index >= 15 is 0 Å². The van der Waals surface area contributed by atoms with Gasteiger partial charge in [-0.25, -0.2) is 8.42 Å². The van der Waals surface area contributed by atoms with E-state index in [1.807, 2.05) is 6.92 Å². The molecule has 4 rings (SSSR count). The van der Waals surface area contributed by atoms with Crippen molar-refractivity contribution in [2.24, 2.45) is 4.99 Å². The molecule has 3 aromatic rings. The Morgan fingerprint density at radius 1 is 1.18 bits per heavy atom. The number of hydrogen-bond acceptors (Lipinski definition) is 6.